The van der Waals surface area contributed by atoms with E-state index in [9.17, 15) is 13.2 Å². The summed E-state index contributed by atoms with van der Waals surface area (Å²) in [5, 5.41) is 2.96. The lowest BCUT2D eigenvalue weighted by atomic mass is 10.2. The number of benzene rings is 1. The maximum absolute atomic E-state index is 11.5. The molecule has 1 aromatic rings. The van der Waals surface area contributed by atoms with Gasteiger partial charge in [0.1, 0.15) is 5.60 Å². The highest BCUT2D eigenvalue weighted by Crippen LogP contribution is 2.10. The van der Waals surface area contributed by atoms with Gasteiger partial charge < -0.3 is 10.1 Å². The van der Waals surface area contributed by atoms with E-state index in [2.05, 4.69) is 5.32 Å². The van der Waals surface area contributed by atoms with Gasteiger partial charge in [-0.1, -0.05) is 12.1 Å². The Labute approximate surface area is 120 Å². The van der Waals surface area contributed by atoms with Crippen molar-refractivity contribution in [2.45, 2.75) is 37.8 Å². The lowest BCUT2D eigenvalue weighted by molar-refractivity contribution is -0.153. The molecule has 0 bridgehead atoms. The first-order valence-corrected chi connectivity index (χ1v) is 8.19. The smallest absolute Gasteiger partial charge is 0.320 e. The predicted molar refractivity (Wildman–Crippen MR) is 77.1 cm³/mol. The molecule has 0 aliphatic rings. The molecule has 0 saturated carbocycles. The molecule has 1 aromatic carbocycles. The van der Waals surface area contributed by atoms with Gasteiger partial charge >= 0.3 is 5.97 Å². The van der Waals surface area contributed by atoms with Crippen LogP contribution in [0.5, 0.6) is 0 Å². The van der Waals surface area contributed by atoms with Crippen LogP contribution in [0.3, 0.4) is 0 Å². The minimum Gasteiger partial charge on any atom is -0.459 e. The molecular weight excluding hydrogens is 278 g/mol. The van der Waals surface area contributed by atoms with Crippen molar-refractivity contribution in [2.75, 3.05) is 12.8 Å². The van der Waals surface area contributed by atoms with Crippen molar-refractivity contribution in [2.24, 2.45) is 0 Å². The van der Waals surface area contributed by atoms with Crippen molar-refractivity contribution < 1.29 is 17.9 Å². The Morgan fingerprint density at radius 2 is 1.75 bits per heavy atom. The first-order valence-electron chi connectivity index (χ1n) is 6.29. The van der Waals surface area contributed by atoms with E-state index in [4.69, 9.17) is 4.74 Å². The summed E-state index contributed by atoms with van der Waals surface area (Å²) >= 11 is 0. The fourth-order valence-corrected chi connectivity index (χ4v) is 2.17. The standard InChI is InChI=1S/C14H21NO4S/c1-14(2,3)19-13(16)10-15-9-11-5-7-12(8-6-11)20(4,17)18/h5-8,15H,9-10H2,1-4H3. The van der Waals surface area contributed by atoms with E-state index in [-0.39, 0.29) is 17.4 Å². The Bertz CT molecular complexity index is 556. The average Bonchev–Trinajstić information content (AvgIpc) is 2.26. The second-order valence-corrected chi connectivity index (χ2v) is 7.62. The molecule has 0 amide bonds. The summed E-state index contributed by atoms with van der Waals surface area (Å²) in [6.45, 7) is 6.03. The van der Waals surface area contributed by atoms with Crippen molar-refractivity contribution >= 4 is 15.8 Å². The predicted octanol–water partition coefficient (Wildman–Crippen LogP) is 1.52. The third-order valence-corrected chi connectivity index (χ3v) is 3.50. The molecule has 0 unspecified atom stereocenters. The minimum absolute atomic E-state index is 0.116. The van der Waals surface area contributed by atoms with Crippen LogP contribution in [0.2, 0.25) is 0 Å². The Hall–Kier alpha value is -1.40. The SMILES string of the molecule is CC(C)(C)OC(=O)CNCc1ccc(S(C)(=O)=O)cc1. The summed E-state index contributed by atoms with van der Waals surface area (Å²) in [6, 6.07) is 6.55. The molecule has 20 heavy (non-hydrogen) atoms. The van der Waals surface area contributed by atoms with Gasteiger partial charge in [-0.3, -0.25) is 4.79 Å². The molecule has 1 N–H and O–H groups in total. The zero-order chi connectivity index (χ0) is 15.4. The maximum Gasteiger partial charge on any atom is 0.320 e. The first-order chi connectivity index (χ1) is 9.08. The molecule has 1 rings (SSSR count). The van der Waals surface area contributed by atoms with Gasteiger partial charge in [0.25, 0.3) is 0 Å². The molecule has 0 atom stereocenters. The first kappa shape index (κ1) is 16.7. The van der Waals surface area contributed by atoms with E-state index in [0.29, 0.717) is 6.54 Å². The lowest BCUT2D eigenvalue weighted by Crippen LogP contribution is -2.31. The van der Waals surface area contributed by atoms with E-state index >= 15 is 0 Å². The molecule has 0 aliphatic carbocycles. The van der Waals surface area contributed by atoms with Crippen LogP contribution in [0.4, 0.5) is 0 Å². The topological polar surface area (TPSA) is 72.5 Å². The quantitative estimate of drug-likeness (QED) is 0.835. The summed E-state index contributed by atoms with van der Waals surface area (Å²) in [7, 11) is -3.17. The van der Waals surface area contributed by atoms with Crippen LogP contribution < -0.4 is 5.32 Å². The van der Waals surface area contributed by atoms with Crippen LogP contribution in [-0.2, 0) is 25.9 Å². The number of rotatable bonds is 5. The van der Waals surface area contributed by atoms with Crippen LogP contribution in [0, 0.1) is 0 Å². The largest absolute Gasteiger partial charge is 0.459 e. The van der Waals surface area contributed by atoms with Crippen molar-refractivity contribution in [1.29, 1.82) is 0 Å². The fraction of sp³-hybridized carbons (Fsp3) is 0.500. The van der Waals surface area contributed by atoms with Gasteiger partial charge in [0.15, 0.2) is 9.84 Å². The normalized spacial score (nSPS) is 12.2. The van der Waals surface area contributed by atoms with Gasteiger partial charge in [-0.15, -0.1) is 0 Å². The van der Waals surface area contributed by atoms with Crippen molar-refractivity contribution in [3.05, 3.63) is 29.8 Å². The van der Waals surface area contributed by atoms with E-state index < -0.39 is 15.4 Å². The molecule has 0 saturated heterocycles. The monoisotopic (exact) mass is 299 g/mol. The highest BCUT2D eigenvalue weighted by Gasteiger charge is 2.15. The number of esters is 1. The van der Waals surface area contributed by atoms with Gasteiger partial charge in [0, 0.05) is 12.8 Å². The van der Waals surface area contributed by atoms with Crippen LogP contribution in [-0.4, -0.2) is 32.8 Å². The summed E-state index contributed by atoms with van der Waals surface area (Å²) < 4.78 is 27.8. The van der Waals surface area contributed by atoms with Crippen molar-refractivity contribution in [1.82, 2.24) is 5.32 Å². The Morgan fingerprint density at radius 1 is 1.20 bits per heavy atom. The fourth-order valence-electron chi connectivity index (χ4n) is 1.54. The molecule has 0 aliphatic heterocycles. The van der Waals surface area contributed by atoms with Gasteiger partial charge in [0.05, 0.1) is 11.4 Å². The van der Waals surface area contributed by atoms with E-state index in [0.717, 1.165) is 5.56 Å². The van der Waals surface area contributed by atoms with Gasteiger partial charge in [-0.2, -0.15) is 0 Å². The lowest BCUT2D eigenvalue weighted by Gasteiger charge is -2.19. The third-order valence-electron chi connectivity index (χ3n) is 2.37. The molecule has 0 spiro atoms. The number of nitrogens with one attached hydrogen (secondary N) is 1. The zero-order valence-corrected chi connectivity index (χ0v) is 13.1. The molecule has 5 nitrogen and oxygen atoms in total. The highest BCUT2D eigenvalue weighted by atomic mass is 32.2. The highest BCUT2D eigenvalue weighted by molar-refractivity contribution is 7.90. The number of hydrogen-bond donors (Lipinski definition) is 1. The summed E-state index contributed by atoms with van der Waals surface area (Å²) in [5.74, 6) is -0.315. The summed E-state index contributed by atoms with van der Waals surface area (Å²) in [5.41, 5.74) is 0.413. The Balaban J connectivity index is 2.45. The summed E-state index contributed by atoms with van der Waals surface area (Å²) in [6.07, 6.45) is 1.17. The van der Waals surface area contributed by atoms with Crippen LogP contribution in [0.1, 0.15) is 26.3 Å². The number of ether oxygens (including phenoxy) is 1. The second kappa shape index (κ2) is 6.37. The van der Waals surface area contributed by atoms with E-state index in [1.54, 1.807) is 24.3 Å². The van der Waals surface area contributed by atoms with Crippen molar-refractivity contribution in [3.8, 4) is 0 Å². The molecule has 0 radical (unpaired) electrons. The van der Waals surface area contributed by atoms with Crippen molar-refractivity contribution in [3.63, 3.8) is 0 Å². The minimum atomic E-state index is -3.17. The third kappa shape index (κ3) is 6.16. The number of sulfone groups is 1. The zero-order valence-electron chi connectivity index (χ0n) is 12.3. The van der Waals surface area contributed by atoms with Crippen LogP contribution in [0.15, 0.2) is 29.2 Å². The van der Waals surface area contributed by atoms with E-state index in [1.807, 2.05) is 20.8 Å². The molecule has 112 valence electrons. The van der Waals surface area contributed by atoms with Gasteiger partial charge in [-0.25, -0.2) is 8.42 Å². The Morgan fingerprint density at radius 3 is 2.20 bits per heavy atom. The van der Waals surface area contributed by atoms with Gasteiger partial charge in [0.2, 0.25) is 0 Å². The van der Waals surface area contributed by atoms with Crippen LogP contribution in [0.25, 0.3) is 0 Å². The number of carbonyl (C=O) groups is 1. The van der Waals surface area contributed by atoms with Gasteiger partial charge in [-0.05, 0) is 38.5 Å². The van der Waals surface area contributed by atoms with Crippen LogP contribution >= 0.6 is 0 Å². The summed E-state index contributed by atoms with van der Waals surface area (Å²) in [4.78, 5) is 11.8. The maximum atomic E-state index is 11.5. The molecule has 6 heteroatoms. The molecular formula is C14H21NO4S. The molecule has 0 fully saturated rings. The molecule has 0 heterocycles. The van der Waals surface area contributed by atoms with E-state index in [1.165, 1.54) is 6.26 Å². The second-order valence-electron chi connectivity index (χ2n) is 5.61. The Kier molecular flexibility index (Phi) is 5.30. The molecule has 0 aromatic heterocycles. The number of hydrogen-bond acceptors (Lipinski definition) is 5. The average molecular weight is 299 g/mol. The number of carbonyl (C=O) groups excluding carboxylic acids is 1.